The average Bonchev–Trinajstić information content (AvgIpc) is 3.38. The number of pyridine rings is 1. The van der Waals surface area contributed by atoms with Crippen LogP contribution in [0.3, 0.4) is 0 Å². The van der Waals surface area contributed by atoms with Crippen LogP contribution in [0.25, 0.3) is 11.2 Å². The van der Waals surface area contributed by atoms with Gasteiger partial charge in [0.05, 0.1) is 6.33 Å². The Bertz CT molecular complexity index is 1140. The van der Waals surface area contributed by atoms with Crippen LogP contribution in [0, 0.1) is 0 Å². The molecule has 148 valence electrons. The first-order valence-electron chi connectivity index (χ1n) is 8.99. The number of rotatable bonds is 8. The predicted octanol–water partition coefficient (Wildman–Crippen LogP) is 3.10. The molecule has 0 unspecified atom stereocenters. The molecule has 0 saturated heterocycles. The van der Waals surface area contributed by atoms with E-state index in [4.69, 9.17) is 22.1 Å². The summed E-state index contributed by atoms with van der Waals surface area (Å²) in [5, 5.41) is 10.9. The number of benzene rings is 1. The van der Waals surface area contributed by atoms with Crippen LogP contribution in [0.4, 0.5) is 5.82 Å². The maximum absolute atomic E-state index is 12.4. The number of aromatic amines is 2. The van der Waals surface area contributed by atoms with E-state index in [1.54, 1.807) is 36.8 Å². The number of ketones is 1. The molecule has 9 nitrogen and oxygen atoms in total. The summed E-state index contributed by atoms with van der Waals surface area (Å²) in [6, 6.07) is 6.80. The van der Waals surface area contributed by atoms with Crippen LogP contribution < -0.4 is 10.5 Å². The number of aryl methyl sites for hydroxylation is 1. The first-order chi connectivity index (χ1) is 14.1. The molecule has 0 aliphatic heterocycles. The smallest absolute Gasteiger partial charge is 0.207 e. The van der Waals surface area contributed by atoms with Crippen LogP contribution in [-0.4, -0.2) is 36.1 Å². The first kappa shape index (κ1) is 18.9. The Morgan fingerprint density at radius 3 is 2.93 bits per heavy atom. The molecule has 0 bridgehead atoms. The number of nitrogens with two attached hydrogens (primary N) is 1. The maximum atomic E-state index is 12.4. The summed E-state index contributed by atoms with van der Waals surface area (Å²) < 4.78 is 5.81. The SMILES string of the molecule is Nc1cc(OCc2ccc(C(=O)CCCc3cnc[nH]3)cc2Cl)c2n[nH]nc2n1. The number of halogens is 1. The summed E-state index contributed by atoms with van der Waals surface area (Å²) in [6.07, 6.45) is 5.34. The Morgan fingerprint density at radius 1 is 1.24 bits per heavy atom. The van der Waals surface area contributed by atoms with Gasteiger partial charge in [0.25, 0.3) is 0 Å². The number of nitrogens with zero attached hydrogens (tertiary/aromatic N) is 4. The fourth-order valence-electron chi connectivity index (χ4n) is 2.93. The van der Waals surface area contributed by atoms with Gasteiger partial charge in [-0.05, 0) is 18.9 Å². The number of nitrogen functional groups attached to an aromatic ring is 1. The lowest BCUT2D eigenvalue weighted by atomic mass is 10.0. The van der Waals surface area contributed by atoms with Crippen molar-refractivity contribution in [3.63, 3.8) is 0 Å². The number of carbonyl (C=O) groups is 1. The van der Waals surface area contributed by atoms with Crippen molar-refractivity contribution < 1.29 is 9.53 Å². The molecule has 0 atom stereocenters. The molecule has 3 aromatic heterocycles. The summed E-state index contributed by atoms with van der Waals surface area (Å²) in [7, 11) is 0. The molecule has 0 saturated carbocycles. The van der Waals surface area contributed by atoms with Crippen molar-refractivity contribution in [3.05, 3.63) is 58.6 Å². The number of fused-ring (bicyclic) bond motifs is 1. The van der Waals surface area contributed by atoms with E-state index in [-0.39, 0.29) is 18.2 Å². The molecule has 4 rings (SSSR count). The molecule has 1 aromatic carbocycles. The molecule has 3 heterocycles. The molecule has 0 aliphatic rings. The standard InChI is InChI=1S/C19H18ClN7O2/c20-14-6-11(15(28)3-1-2-13-8-22-10-23-13)4-5-12(14)9-29-16-7-17(21)24-19-18(16)25-27-26-19/h4-8,10H,1-3,9H2,(H,22,23)(H3,21,24,25,26,27). The van der Waals surface area contributed by atoms with Crippen LogP contribution in [-0.2, 0) is 13.0 Å². The lowest BCUT2D eigenvalue weighted by Crippen LogP contribution is -2.03. The zero-order chi connectivity index (χ0) is 20.2. The van der Waals surface area contributed by atoms with Gasteiger partial charge in [-0.2, -0.15) is 10.3 Å². The van der Waals surface area contributed by atoms with E-state index in [1.807, 2.05) is 0 Å². The topological polar surface area (TPSA) is 135 Å². The minimum atomic E-state index is 0.0464. The Kier molecular flexibility index (Phi) is 5.39. The van der Waals surface area contributed by atoms with E-state index >= 15 is 0 Å². The fourth-order valence-corrected chi connectivity index (χ4v) is 3.17. The molecule has 29 heavy (non-hydrogen) atoms. The third kappa shape index (κ3) is 4.35. The number of aromatic nitrogens is 6. The van der Waals surface area contributed by atoms with Gasteiger partial charge in [-0.25, -0.2) is 9.97 Å². The number of nitrogens with one attached hydrogen (secondary N) is 2. The second kappa shape index (κ2) is 8.27. The van der Waals surface area contributed by atoms with E-state index < -0.39 is 0 Å². The molecular formula is C19H18ClN7O2. The monoisotopic (exact) mass is 411 g/mol. The van der Waals surface area contributed by atoms with Crippen molar-refractivity contribution in [2.75, 3.05) is 5.73 Å². The molecule has 0 fully saturated rings. The Balaban J connectivity index is 1.39. The summed E-state index contributed by atoms with van der Waals surface area (Å²) in [6.45, 7) is 0.193. The Morgan fingerprint density at radius 2 is 2.14 bits per heavy atom. The quantitative estimate of drug-likeness (QED) is 0.379. The zero-order valence-corrected chi connectivity index (χ0v) is 16.1. The van der Waals surface area contributed by atoms with Crippen LogP contribution in [0.1, 0.15) is 34.5 Å². The second-order valence-corrected chi connectivity index (χ2v) is 6.90. The van der Waals surface area contributed by atoms with E-state index in [2.05, 4.69) is 30.4 Å². The van der Waals surface area contributed by atoms with Crippen molar-refractivity contribution in [1.82, 2.24) is 30.4 Å². The highest BCUT2D eigenvalue weighted by molar-refractivity contribution is 6.31. The fraction of sp³-hybridized carbons (Fsp3) is 0.211. The van der Waals surface area contributed by atoms with E-state index in [0.717, 1.165) is 24.1 Å². The van der Waals surface area contributed by atoms with E-state index in [0.29, 0.717) is 33.9 Å². The van der Waals surface area contributed by atoms with Gasteiger partial charge < -0.3 is 15.5 Å². The predicted molar refractivity (Wildman–Crippen MR) is 108 cm³/mol. The number of ether oxygens (including phenoxy) is 1. The highest BCUT2D eigenvalue weighted by Gasteiger charge is 2.13. The van der Waals surface area contributed by atoms with Crippen LogP contribution in [0.5, 0.6) is 5.75 Å². The Labute approximate surface area is 170 Å². The van der Waals surface area contributed by atoms with Crippen LogP contribution >= 0.6 is 11.6 Å². The number of carbonyl (C=O) groups excluding carboxylic acids is 1. The highest BCUT2D eigenvalue weighted by atomic mass is 35.5. The van der Waals surface area contributed by atoms with Gasteiger partial charge in [-0.15, -0.1) is 5.10 Å². The molecular weight excluding hydrogens is 394 g/mol. The van der Waals surface area contributed by atoms with Gasteiger partial charge in [0.1, 0.15) is 12.4 Å². The molecule has 4 N–H and O–H groups in total. The summed E-state index contributed by atoms with van der Waals surface area (Å²) in [4.78, 5) is 23.5. The number of anilines is 1. The highest BCUT2D eigenvalue weighted by Crippen LogP contribution is 2.26. The summed E-state index contributed by atoms with van der Waals surface area (Å²) >= 11 is 6.37. The second-order valence-electron chi connectivity index (χ2n) is 6.49. The number of H-pyrrole nitrogens is 2. The minimum Gasteiger partial charge on any atom is -0.486 e. The van der Waals surface area contributed by atoms with Gasteiger partial charge in [0.15, 0.2) is 17.0 Å². The average molecular weight is 412 g/mol. The van der Waals surface area contributed by atoms with Crippen molar-refractivity contribution >= 4 is 34.4 Å². The first-order valence-corrected chi connectivity index (χ1v) is 9.36. The van der Waals surface area contributed by atoms with Gasteiger partial charge in [0.2, 0.25) is 5.65 Å². The van der Waals surface area contributed by atoms with Crippen LogP contribution in [0.2, 0.25) is 5.02 Å². The van der Waals surface area contributed by atoms with Crippen molar-refractivity contribution in [1.29, 1.82) is 0 Å². The van der Waals surface area contributed by atoms with Crippen molar-refractivity contribution in [2.45, 2.75) is 25.9 Å². The number of imidazole rings is 1. The van der Waals surface area contributed by atoms with Gasteiger partial charge >= 0.3 is 0 Å². The molecule has 4 aromatic rings. The number of Topliss-reactive ketones (excluding diaryl/α,β-unsaturated/α-hetero) is 1. The number of hydrogen-bond acceptors (Lipinski definition) is 7. The lowest BCUT2D eigenvalue weighted by Gasteiger charge is -2.10. The number of hydrogen-bond donors (Lipinski definition) is 3. The lowest BCUT2D eigenvalue weighted by molar-refractivity contribution is 0.0980. The summed E-state index contributed by atoms with van der Waals surface area (Å²) in [5.41, 5.74) is 8.96. The normalized spacial score (nSPS) is 11.1. The Hall–Kier alpha value is -3.46. The van der Waals surface area contributed by atoms with Gasteiger partial charge in [0, 0.05) is 40.5 Å². The largest absolute Gasteiger partial charge is 0.486 e. The van der Waals surface area contributed by atoms with Gasteiger partial charge in [-0.3, -0.25) is 4.79 Å². The minimum absolute atomic E-state index is 0.0464. The molecule has 10 heteroatoms. The van der Waals surface area contributed by atoms with Crippen molar-refractivity contribution in [3.8, 4) is 5.75 Å². The molecule has 0 radical (unpaired) electrons. The third-order valence-electron chi connectivity index (χ3n) is 4.44. The molecule has 0 spiro atoms. The van der Waals surface area contributed by atoms with Crippen LogP contribution in [0.15, 0.2) is 36.8 Å². The van der Waals surface area contributed by atoms with Crippen molar-refractivity contribution in [2.24, 2.45) is 0 Å². The summed E-state index contributed by atoms with van der Waals surface area (Å²) in [5.74, 6) is 0.782. The van der Waals surface area contributed by atoms with Gasteiger partial charge in [-0.1, -0.05) is 23.7 Å². The molecule has 0 aliphatic carbocycles. The van der Waals surface area contributed by atoms with E-state index in [1.165, 1.54) is 0 Å². The molecule has 0 amide bonds. The zero-order valence-electron chi connectivity index (χ0n) is 15.4. The maximum Gasteiger partial charge on any atom is 0.207 e. The van der Waals surface area contributed by atoms with E-state index in [9.17, 15) is 4.79 Å². The third-order valence-corrected chi connectivity index (χ3v) is 4.79.